The first-order valence-corrected chi connectivity index (χ1v) is 8.94. The molecule has 1 aliphatic rings. The van der Waals surface area contributed by atoms with E-state index in [9.17, 15) is 13.2 Å². The number of hydrogen-bond acceptors (Lipinski definition) is 3. The molecule has 0 radical (unpaired) electrons. The number of benzene rings is 1. The highest BCUT2D eigenvalue weighted by molar-refractivity contribution is 9.11. The molecule has 2 atom stereocenters. The summed E-state index contributed by atoms with van der Waals surface area (Å²) in [6.07, 6.45) is 3.73. The average Bonchev–Trinajstić information content (AvgIpc) is 2.42. The molecule has 0 aromatic heterocycles. The SMILES string of the molecule is O=C1CCCCC1CC(Br)S(=O)(=O)c1ccccc1. The molecule has 1 aromatic rings. The first-order valence-electron chi connectivity index (χ1n) is 6.47. The molecule has 1 aliphatic carbocycles. The monoisotopic (exact) mass is 344 g/mol. The van der Waals surface area contributed by atoms with E-state index in [1.165, 1.54) is 0 Å². The highest BCUT2D eigenvalue weighted by Crippen LogP contribution is 2.31. The summed E-state index contributed by atoms with van der Waals surface area (Å²) >= 11 is 3.26. The fourth-order valence-electron chi connectivity index (χ4n) is 2.41. The Morgan fingerprint density at radius 1 is 1.21 bits per heavy atom. The number of ketones is 1. The lowest BCUT2D eigenvalue weighted by atomic mass is 9.86. The minimum atomic E-state index is -3.40. The van der Waals surface area contributed by atoms with Crippen LogP contribution >= 0.6 is 15.9 Å². The van der Waals surface area contributed by atoms with Gasteiger partial charge in [0.25, 0.3) is 0 Å². The van der Waals surface area contributed by atoms with E-state index in [0.717, 1.165) is 19.3 Å². The Morgan fingerprint density at radius 2 is 1.89 bits per heavy atom. The fourth-order valence-corrected chi connectivity index (χ4v) is 4.83. The predicted octanol–water partition coefficient (Wildman–Crippen LogP) is 3.33. The van der Waals surface area contributed by atoms with Gasteiger partial charge in [-0.15, -0.1) is 0 Å². The van der Waals surface area contributed by atoms with Crippen LogP contribution in [0.3, 0.4) is 0 Å². The molecule has 0 N–H and O–H groups in total. The molecular weight excluding hydrogens is 328 g/mol. The molecule has 0 heterocycles. The summed E-state index contributed by atoms with van der Waals surface area (Å²) in [6, 6.07) is 8.38. The number of Topliss-reactive ketones (excluding diaryl/α,β-unsaturated/α-hetero) is 1. The van der Waals surface area contributed by atoms with Gasteiger partial charge in [0.1, 0.15) is 9.94 Å². The zero-order chi connectivity index (χ0) is 13.9. The van der Waals surface area contributed by atoms with Gasteiger partial charge in [-0.25, -0.2) is 8.42 Å². The third-order valence-electron chi connectivity index (χ3n) is 3.56. The topological polar surface area (TPSA) is 51.2 Å². The molecule has 1 saturated carbocycles. The van der Waals surface area contributed by atoms with Crippen molar-refractivity contribution in [2.45, 2.75) is 41.2 Å². The smallest absolute Gasteiger partial charge is 0.191 e. The summed E-state index contributed by atoms with van der Waals surface area (Å²) in [5.41, 5.74) is 0. The summed E-state index contributed by atoms with van der Waals surface area (Å²) in [4.78, 5) is 12.1. The van der Waals surface area contributed by atoms with E-state index in [0.29, 0.717) is 17.7 Å². The van der Waals surface area contributed by atoms with Crippen molar-refractivity contribution in [3.05, 3.63) is 30.3 Å². The highest BCUT2D eigenvalue weighted by Gasteiger charge is 2.31. The molecule has 1 aromatic carbocycles. The van der Waals surface area contributed by atoms with Gasteiger partial charge in [0.05, 0.1) is 4.90 Å². The van der Waals surface area contributed by atoms with Crippen LogP contribution in [0.25, 0.3) is 0 Å². The van der Waals surface area contributed by atoms with Gasteiger partial charge in [0.15, 0.2) is 9.84 Å². The standard InChI is InChI=1S/C14H17BrO3S/c15-14(10-11-6-4-5-9-13(11)16)19(17,18)12-7-2-1-3-8-12/h1-3,7-8,11,14H,4-6,9-10H2. The van der Waals surface area contributed by atoms with Gasteiger partial charge in [0.2, 0.25) is 0 Å². The normalized spacial score (nSPS) is 22.2. The van der Waals surface area contributed by atoms with Gasteiger partial charge in [-0.1, -0.05) is 40.5 Å². The number of sulfone groups is 1. The second kappa shape index (κ2) is 6.18. The van der Waals surface area contributed by atoms with Crippen molar-refractivity contribution in [1.82, 2.24) is 0 Å². The second-order valence-corrected chi connectivity index (χ2v) is 8.75. The lowest BCUT2D eigenvalue weighted by Gasteiger charge is -2.22. The van der Waals surface area contributed by atoms with Crippen LogP contribution in [0.15, 0.2) is 35.2 Å². The number of carbonyl (C=O) groups excluding carboxylic acids is 1. The van der Waals surface area contributed by atoms with Crippen molar-refractivity contribution in [3.63, 3.8) is 0 Å². The summed E-state index contributed by atoms with van der Waals surface area (Å²) in [7, 11) is -3.40. The van der Waals surface area contributed by atoms with Gasteiger partial charge in [0, 0.05) is 12.3 Å². The molecule has 0 bridgehead atoms. The number of carbonyl (C=O) groups is 1. The Balaban J connectivity index is 2.11. The van der Waals surface area contributed by atoms with E-state index >= 15 is 0 Å². The molecule has 0 saturated heterocycles. The van der Waals surface area contributed by atoms with Crippen LogP contribution in [0.5, 0.6) is 0 Å². The summed E-state index contributed by atoms with van der Waals surface area (Å²) in [5.74, 6) is 0.0931. The van der Waals surface area contributed by atoms with Crippen LogP contribution in [0, 0.1) is 5.92 Å². The number of hydrogen-bond donors (Lipinski definition) is 0. The summed E-state index contributed by atoms with van der Waals surface area (Å²) < 4.78 is 24.0. The van der Waals surface area contributed by atoms with Gasteiger partial charge in [-0.3, -0.25) is 4.79 Å². The Bertz CT molecular complexity index is 539. The van der Waals surface area contributed by atoms with Gasteiger partial charge >= 0.3 is 0 Å². The van der Waals surface area contributed by atoms with Gasteiger partial charge in [-0.05, 0) is 31.4 Å². The Labute approximate surface area is 122 Å². The quantitative estimate of drug-likeness (QED) is 0.787. The van der Waals surface area contributed by atoms with Crippen molar-refractivity contribution in [2.75, 3.05) is 0 Å². The number of alkyl halides is 1. The third-order valence-corrected chi connectivity index (χ3v) is 7.20. The fraction of sp³-hybridized carbons (Fsp3) is 0.500. The second-order valence-electron chi connectivity index (χ2n) is 4.91. The van der Waals surface area contributed by atoms with Crippen molar-refractivity contribution >= 4 is 31.6 Å². The van der Waals surface area contributed by atoms with E-state index in [1.54, 1.807) is 30.3 Å². The van der Waals surface area contributed by atoms with Crippen LogP contribution in [0.4, 0.5) is 0 Å². The average molecular weight is 345 g/mol. The molecular formula is C14H17BrO3S. The molecule has 0 aliphatic heterocycles. The highest BCUT2D eigenvalue weighted by atomic mass is 79.9. The van der Waals surface area contributed by atoms with Crippen molar-refractivity contribution in [2.24, 2.45) is 5.92 Å². The summed E-state index contributed by atoms with van der Waals surface area (Å²) in [6.45, 7) is 0. The van der Waals surface area contributed by atoms with E-state index in [-0.39, 0.29) is 11.7 Å². The molecule has 2 rings (SSSR count). The lowest BCUT2D eigenvalue weighted by molar-refractivity contribution is -0.124. The zero-order valence-corrected chi connectivity index (χ0v) is 13.0. The maximum atomic E-state index is 12.4. The maximum Gasteiger partial charge on any atom is 0.191 e. The minimum absolute atomic E-state index is 0.114. The molecule has 3 nitrogen and oxygen atoms in total. The minimum Gasteiger partial charge on any atom is -0.299 e. The molecule has 0 spiro atoms. The van der Waals surface area contributed by atoms with Crippen LogP contribution in [0.2, 0.25) is 0 Å². The zero-order valence-electron chi connectivity index (χ0n) is 10.6. The van der Waals surface area contributed by atoms with Crippen LogP contribution in [-0.4, -0.2) is 18.4 Å². The van der Waals surface area contributed by atoms with Crippen molar-refractivity contribution < 1.29 is 13.2 Å². The molecule has 1 fully saturated rings. The molecule has 19 heavy (non-hydrogen) atoms. The van der Waals surface area contributed by atoms with E-state index in [4.69, 9.17) is 0 Å². The lowest BCUT2D eigenvalue weighted by Crippen LogP contribution is -2.25. The first-order chi connectivity index (χ1) is 9.01. The van der Waals surface area contributed by atoms with Crippen LogP contribution < -0.4 is 0 Å². The molecule has 0 amide bonds. The first kappa shape index (κ1) is 14.7. The molecule has 104 valence electrons. The number of rotatable bonds is 4. The maximum absolute atomic E-state index is 12.4. The van der Waals surface area contributed by atoms with E-state index in [2.05, 4.69) is 15.9 Å². The summed E-state index contributed by atoms with van der Waals surface area (Å²) in [5, 5.41) is 0. The van der Waals surface area contributed by atoms with Crippen molar-refractivity contribution in [1.29, 1.82) is 0 Å². The van der Waals surface area contributed by atoms with Gasteiger partial charge < -0.3 is 0 Å². The van der Waals surface area contributed by atoms with Crippen LogP contribution in [0.1, 0.15) is 32.1 Å². The van der Waals surface area contributed by atoms with E-state index < -0.39 is 14.0 Å². The molecule has 5 heteroatoms. The Morgan fingerprint density at radius 3 is 2.53 bits per heavy atom. The van der Waals surface area contributed by atoms with Crippen LogP contribution in [-0.2, 0) is 14.6 Å². The van der Waals surface area contributed by atoms with Crippen molar-refractivity contribution in [3.8, 4) is 0 Å². The Hall–Kier alpha value is -0.680. The predicted molar refractivity (Wildman–Crippen MR) is 77.9 cm³/mol. The van der Waals surface area contributed by atoms with Gasteiger partial charge in [-0.2, -0.15) is 0 Å². The number of halogens is 1. The largest absolute Gasteiger partial charge is 0.299 e. The van der Waals surface area contributed by atoms with E-state index in [1.807, 2.05) is 0 Å². The molecule has 2 unspecified atom stereocenters. The third kappa shape index (κ3) is 3.45. The Kier molecular flexibility index (Phi) is 4.79.